The average Bonchev–Trinajstić information content (AvgIpc) is 3.21. The molecule has 1 aliphatic carbocycles. The highest BCUT2D eigenvalue weighted by atomic mass is 16.5. The Labute approximate surface area is 107 Å². The normalized spacial score (nSPS) is 15.9. The van der Waals surface area contributed by atoms with Gasteiger partial charge in [-0.05, 0) is 31.9 Å². The van der Waals surface area contributed by atoms with Gasteiger partial charge in [0.1, 0.15) is 6.61 Å². The van der Waals surface area contributed by atoms with Crippen LogP contribution in [0, 0.1) is 5.92 Å². The first-order valence-corrected chi connectivity index (χ1v) is 6.27. The summed E-state index contributed by atoms with van der Waals surface area (Å²) in [6.45, 7) is 2.38. The van der Waals surface area contributed by atoms with Crippen molar-refractivity contribution < 1.29 is 14.3 Å². The molecule has 2 rings (SSSR count). The summed E-state index contributed by atoms with van der Waals surface area (Å²) in [4.78, 5) is 11.6. The molecule has 18 heavy (non-hydrogen) atoms. The molecule has 98 valence electrons. The van der Waals surface area contributed by atoms with Gasteiger partial charge in [-0.25, -0.2) is 0 Å². The largest absolute Gasteiger partial charge is 0.493 e. The first kappa shape index (κ1) is 12.7. The molecule has 1 atom stereocenters. The van der Waals surface area contributed by atoms with E-state index in [1.807, 2.05) is 31.2 Å². The summed E-state index contributed by atoms with van der Waals surface area (Å²) in [5.74, 6) is 1.79. The number of carbonyl (C=O) groups is 1. The number of hydrogen-bond acceptors (Lipinski definition) is 3. The number of ether oxygens (including phenoxy) is 2. The van der Waals surface area contributed by atoms with Gasteiger partial charge in [-0.3, -0.25) is 4.79 Å². The SMILES string of the molecule is COc1ccccc1OCC(C)NC(=O)C1CC1. The Kier molecular flexibility index (Phi) is 4.07. The fraction of sp³-hybridized carbons (Fsp3) is 0.500. The van der Waals surface area contributed by atoms with Crippen LogP contribution < -0.4 is 14.8 Å². The molecule has 1 aliphatic rings. The lowest BCUT2D eigenvalue weighted by molar-refractivity contribution is -0.123. The topological polar surface area (TPSA) is 47.6 Å². The Bertz CT molecular complexity index is 415. The lowest BCUT2D eigenvalue weighted by atomic mass is 10.3. The third-order valence-corrected chi connectivity index (χ3v) is 2.89. The zero-order chi connectivity index (χ0) is 13.0. The molecule has 1 fully saturated rings. The van der Waals surface area contributed by atoms with Crippen LogP contribution in [0.4, 0.5) is 0 Å². The summed E-state index contributed by atoms with van der Waals surface area (Å²) < 4.78 is 10.8. The highest BCUT2D eigenvalue weighted by Crippen LogP contribution is 2.29. The number of methoxy groups -OCH3 is 1. The van der Waals surface area contributed by atoms with Gasteiger partial charge in [0.25, 0.3) is 0 Å². The van der Waals surface area contributed by atoms with E-state index in [-0.39, 0.29) is 17.9 Å². The number of rotatable bonds is 6. The molecule has 1 aromatic carbocycles. The molecule has 0 saturated heterocycles. The molecule has 0 aliphatic heterocycles. The Hall–Kier alpha value is -1.71. The lowest BCUT2D eigenvalue weighted by Gasteiger charge is -2.16. The summed E-state index contributed by atoms with van der Waals surface area (Å²) >= 11 is 0. The van der Waals surface area contributed by atoms with Crippen molar-refractivity contribution in [2.45, 2.75) is 25.8 Å². The van der Waals surface area contributed by atoms with Crippen molar-refractivity contribution >= 4 is 5.91 Å². The van der Waals surface area contributed by atoms with Crippen LogP contribution in [-0.2, 0) is 4.79 Å². The maximum Gasteiger partial charge on any atom is 0.223 e. The van der Waals surface area contributed by atoms with Crippen LogP contribution in [-0.4, -0.2) is 25.7 Å². The molecule has 0 heterocycles. The summed E-state index contributed by atoms with van der Waals surface area (Å²) in [6.07, 6.45) is 2.04. The van der Waals surface area contributed by atoms with Crippen LogP contribution in [0.3, 0.4) is 0 Å². The Morgan fingerprint density at radius 1 is 1.39 bits per heavy atom. The molecule has 1 unspecified atom stereocenters. The average molecular weight is 249 g/mol. The first-order chi connectivity index (χ1) is 8.70. The van der Waals surface area contributed by atoms with Gasteiger partial charge in [0.05, 0.1) is 13.2 Å². The molecular formula is C14H19NO3. The highest BCUT2D eigenvalue weighted by Gasteiger charge is 2.30. The Morgan fingerprint density at radius 3 is 2.67 bits per heavy atom. The van der Waals surface area contributed by atoms with E-state index in [1.165, 1.54) is 0 Å². The van der Waals surface area contributed by atoms with E-state index in [0.29, 0.717) is 18.1 Å². The van der Waals surface area contributed by atoms with Crippen LogP contribution in [0.25, 0.3) is 0 Å². The third kappa shape index (κ3) is 3.39. The minimum Gasteiger partial charge on any atom is -0.493 e. The third-order valence-electron chi connectivity index (χ3n) is 2.89. The van der Waals surface area contributed by atoms with E-state index in [1.54, 1.807) is 7.11 Å². The summed E-state index contributed by atoms with van der Waals surface area (Å²) in [5.41, 5.74) is 0. The number of carbonyl (C=O) groups excluding carboxylic acids is 1. The molecule has 1 aromatic rings. The van der Waals surface area contributed by atoms with Crippen LogP contribution in [0.1, 0.15) is 19.8 Å². The maximum absolute atomic E-state index is 11.6. The minimum atomic E-state index is 0.00279. The second kappa shape index (κ2) is 5.76. The highest BCUT2D eigenvalue weighted by molar-refractivity contribution is 5.81. The predicted octanol–water partition coefficient (Wildman–Crippen LogP) is 1.99. The van der Waals surface area contributed by atoms with Crippen molar-refractivity contribution in [2.75, 3.05) is 13.7 Å². The molecule has 0 aromatic heterocycles. The molecule has 1 N–H and O–H groups in total. The standard InChI is InChI=1S/C14H19NO3/c1-10(15-14(16)11-7-8-11)9-18-13-6-4-3-5-12(13)17-2/h3-6,10-11H,7-9H2,1-2H3,(H,15,16). The molecule has 0 radical (unpaired) electrons. The van der Waals surface area contributed by atoms with E-state index in [4.69, 9.17) is 9.47 Å². The summed E-state index contributed by atoms with van der Waals surface area (Å²) in [6, 6.07) is 7.50. The van der Waals surface area contributed by atoms with Crippen LogP contribution in [0.2, 0.25) is 0 Å². The van der Waals surface area contributed by atoms with Gasteiger partial charge in [0.2, 0.25) is 5.91 Å². The van der Waals surface area contributed by atoms with Crippen LogP contribution >= 0.6 is 0 Å². The number of amides is 1. The van der Waals surface area contributed by atoms with E-state index in [2.05, 4.69) is 5.32 Å². The lowest BCUT2D eigenvalue weighted by Crippen LogP contribution is -2.37. The Balaban J connectivity index is 1.80. The van der Waals surface area contributed by atoms with Gasteiger partial charge in [-0.1, -0.05) is 12.1 Å². The van der Waals surface area contributed by atoms with Crippen molar-refractivity contribution in [3.05, 3.63) is 24.3 Å². The van der Waals surface area contributed by atoms with E-state index >= 15 is 0 Å². The van der Waals surface area contributed by atoms with Crippen LogP contribution in [0.5, 0.6) is 11.5 Å². The number of hydrogen-bond donors (Lipinski definition) is 1. The molecular weight excluding hydrogens is 230 g/mol. The van der Waals surface area contributed by atoms with Gasteiger partial charge in [0.15, 0.2) is 11.5 Å². The monoisotopic (exact) mass is 249 g/mol. The number of benzene rings is 1. The fourth-order valence-corrected chi connectivity index (χ4v) is 1.70. The second-order valence-corrected chi connectivity index (χ2v) is 4.65. The zero-order valence-corrected chi connectivity index (χ0v) is 10.8. The van der Waals surface area contributed by atoms with Gasteiger partial charge in [0, 0.05) is 5.92 Å². The summed E-state index contributed by atoms with van der Waals surface area (Å²) in [5, 5.41) is 2.94. The van der Waals surface area contributed by atoms with Crippen molar-refractivity contribution in [3.8, 4) is 11.5 Å². The van der Waals surface area contributed by atoms with Gasteiger partial charge in [-0.2, -0.15) is 0 Å². The minimum absolute atomic E-state index is 0.00279. The zero-order valence-electron chi connectivity index (χ0n) is 10.8. The van der Waals surface area contributed by atoms with E-state index < -0.39 is 0 Å². The quantitative estimate of drug-likeness (QED) is 0.838. The van der Waals surface area contributed by atoms with Crippen molar-refractivity contribution in [3.63, 3.8) is 0 Å². The van der Waals surface area contributed by atoms with E-state index in [9.17, 15) is 4.79 Å². The predicted molar refractivity (Wildman–Crippen MR) is 68.8 cm³/mol. The van der Waals surface area contributed by atoms with Gasteiger partial charge in [-0.15, -0.1) is 0 Å². The molecule has 1 amide bonds. The van der Waals surface area contributed by atoms with Gasteiger partial charge < -0.3 is 14.8 Å². The van der Waals surface area contributed by atoms with Crippen molar-refractivity contribution in [2.24, 2.45) is 5.92 Å². The Morgan fingerprint density at radius 2 is 2.06 bits per heavy atom. The number of para-hydroxylation sites is 2. The van der Waals surface area contributed by atoms with E-state index in [0.717, 1.165) is 12.8 Å². The van der Waals surface area contributed by atoms with Crippen molar-refractivity contribution in [1.29, 1.82) is 0 Å². The van der Waals surface area contributed by atoms with Crippen LogP contribution in [0.15, 0.2) is 24.3 Å². The maximum atomic E-state index is 11.6. The molecule has 4 heteroatoms. The first-order valence-electron chi connectivity index (χ1n) is 6.27. The van der Waals surface area contributed by atoms with Crippen molar-refractivity contribution in [1.82, 2.24) is 5.32 Å². The molecule has 4 nitrogen and oxygen atoms in total. The number of nitrogens with one attached hydrogen (secondary N) is 1. The molecule has 1 saturated carbocycles. The fourth-order valence-electron chi connectivity index (χ4n) is 1.70. The molecule has 0 bridgehead atoms. The second-order valence-electron chi connectivity index (χ2n) is 4.65. The molecule has 0 spiro atoms. The smallest absolute Gasteiger partial charge is 0.223 e. The summed E-state index contributed by atoms with van der Waals surface area (Å²) in [7, 11) is 1.61. The van der Waals surface area contributed by atoms with Gasteiger partial charge >= 0.3 is 0 Å².